The number of furan rings is 1. The van der Waals surface area contributed by atoms with Crippen LogP contribution in [0.15, 0.2) is 22.8 Å². The van der Waals surface area contributed by atoms with Gasteiger partial charge in [-0.3, -0.25) is 9.59 Å². The number of aliphatic hydroxyl groups excluding tert-OH is 1. The minimum absolute atomic E-state index is 0.0728. The van der Waals surface area contributed by atoms with E-state index in [0.717, 1.165) is 12.8 Å². The normalized spacial score (nSPS) is 20.7. The van der Waals surface area contributed by atoms with Crippen molar-refractivity contribution in [3.05, 3.63) is 24.2 Å². The molecule has 116 valence electrons. The van der Waals surface area contributed by atoms with Crippen molar-refractivity contribution in [1.82, 2.24) is 10.2 Å². The number of aliphatic hydroxyl groups is 1. The van der Waals surface area contributed by atoms with Gasteiger partial charge in [0, 0.05) is 26.6 Å². The molecule has 0 saturated heterocycles. The number of amides is 2. The summed E-state index contributed by atoms with van der Waals surface area (Å²) in [7, 11) is 1.79. The van der Waals surface area contributed by atoms with E-state index in [2.05, 4.69) is 5.32 Å². The van der Waals surface area contributed by atoms with Crippen molar-refractivity contribution >= 4 is 11.8 Å². The van der Waals surface area contributed by atoms with E-state index in [-0.39, 0.29) is 23.7 Å². The molecule has 1 aliphatic rings. The maximum atomic E-state index is 11.9. The molecule has 2 amide bonds. The number of hydrogen-bond acceptors (Lipinski definition) is 4. The first-order valence-electron chi connectivity index (χ1n) is 7.30. The van der Waals surface area contributed by atoms with Crippen LogP contribution in [-0.4, -0.2) is 48.1 Å². The van der Waals surface area contributed by atoms with E-state index in [0.29, 0.717) is 31.8 Å². The van der Waals surface area contributed by atoms with Crippen LogP contribution < -0.4 is 5.32 Å². The van der Waals surface area contributed by atoms with E-state index >= 15 is 0 Å². The highest BCUT2D eigenvalue weighted by Gasteiger charge is 2.28. The van der Waals surface area contributed by atoms with Crippen molar-refractivity contribution in [2.75, 3.05) is 20.1 Å². The van der Waals surface area contributed by atoms with Gasteiger partial charge in [0.2, 0.25) is 5.91 Å². The zero-order valence-electron chi connectivity index (χ0n) is 12.2. The highest BCUT2D eigenvalue weighted by molar-refractivity contribution is 5.91. The predicted molar refractivity (Wildman–Crippen MR) is 76.6 cm³/mol. The van der Waals surface area contributed by atoms with Crippen molar-refractivity contribution in [2.45, 2.75) is 31.8 Å². The number of carbonyl (C=O) groups excluding carboxylic acids is 2. The highest BCUT2D eigenvalue weighted by Crippen LogP contribution is 2.27. The molecule has 1 aromatic rings. The molecule has 1 fully saturated rings. The molecular weight excluding hydrogens is 272 g/mol. The van der Waals surface area contributed by atoms with Gasteiger partial charge in [-0.2, -0.15) is 0 Å². The zero-order valence-corrected chi connectivity index (χ0v) is 12.2. The predicted octanol–water partition coefficient (Wildman–Crippen LogP) is 1.02. The molecule has 1 saturated carbocycles. The maximum absolute atomic E-state index is 11.9. The van der Waals surface area contributed by atoms with Crippen LogP contribution in [0.3, 0.4) is 0 Å². The highest BCUT2D eigenvalue weighted by atomic mass is 16.3. The summed E-state index contributed by atoms with van der Waals surface area (Å²) in [4.78, 5) is 25.2. The van der Waals surface area contributed by atoms with E-state index in [1.165, 1.54) is 6.26 Å². The van der Waals surface area contributed by atoms with Gasteiger partial charge in [0.15, 0.2) is 5.76 Å². The van der Waals surface area contributed by atoms with Crippen molar-refractivity contribution in [2.24, 2.45) is 5.92 Å². The smallest absolute Gasteiger partial charge is 0.286 e. The molecule has 0 atom stereocenters. The van der Waals surface area contributed by atoms with E-state index in [1.54, 1.807) is 24.1 Å². The largest absolute Gasteiger partial charge is 0.459 e. The van der Waals surface area contributed by atoms with Gasteiger partial charge in [0.1, 0.15) is 0 Å². The first-order chi connectivity index (χ1) is 10.1. The van der Waals surface area contributed by atoms with Crippen molar-refractivity contribution < 1.29 is 19.1 Å². The van der Waals surface area contributed by atoms with Gasteiger partial charge < -0.3 is 19.7 Å². The summed E-state index contributed by atoms with van der Waals surface area (Å²) < 4.78 is 4.98. The minimum Gasteiger partial charge on any atom is -0.459 e. The summed E-state index contributed by atoms with van der Waals surface area (Å²) >= 11 is 0. The molecule has 0 unspecified atom stereocenters. The molecule has 1 aliphatic carbocycles. The second kappa shape index (κ2) is 7.26. The fraction of sp³-hybridized carbons (Fsp3) is 0.600. The van der Waals surface area contributed by atoms with Crippen LogP contribution in [0.4, 0.5) is 0 Å². The standard InChI is InChI=1S/C15H22N2O4/c1-17(10-11-8-12(18)9-11)14(19)5-2-6-16-15(20)13-4-3-7-21-13/h3-4,7,11-12,18H,2,5-6,8-10H2,1H3,(H,16,20). The maximum Gasteiger partial charge on any atom is 0.286 e. The Labute approximate surface area is 124 Å². The summed E-state index contributed by atoms with van der Waals surface area (Å²) in [6.07, 6.45) is 3.85. The average molecular weight is 294 g/mol. The first-order valence-corrected chi connectivity index (χ1v) is 7.30. The Hall–Kier alpha value is -1.82. The van der Waals surface area contributed by atoms with E-state index in [4.69, 9.17) is 4.42 Å². The Bertz CT molecular complexity index is 466. The molecule has 2 rings (SSSR count). The van der Waals surface area contributed by atoms with Gasteiger partial charge in [-0.15, -0.1) is 0 Å². The molecule has 21 heavy (non-hydrogen) atoms. The van der Waals surface area contributed by atoms with Gasteiger partial charge in [0.05, 0.1) is 12.4 Å². The van der Waals surface area contributed by atoms with Crippen LogP contribution >= 0.6 is 0 Å². The van der Waals surface area contributed by atoms with Crippen LogP contribution in [0.5, 0.6) is 0 Å². The molecular formula is C15H22N2O4. The van der Waals surface area contributed by atoms with Gasteiger partial charge >= 0.3 is 0 Å². The lowest BCUT2D eigenvalue weighted by Crippen LogP contribution is -2.39. The first kappa shape index (κ1) is 15.6. The Morgan fingerprint density at radius 2 is 2.24 bits per heavy atom. The number of nitrogens with one attached hydrogen (secondary N) is 1. The Morgan fingerprint density at radius 1 is 1.48 bits per heavy atom. The lowest BCUT2D eigenvalue weighted by atomic mass is 9.82. The summed E-state index contributed by atoms with van der Waals surface area (Å²) in [5, 5.41) is 11.9. The summed E-state index contributed by atoms with van der Waals surface area (Å²) in [6.45, 7) is 1.15. The number of rotatable bonds is 7. The third kappa shape index (κ3) is 4.60. The molecule has 0 aromatic carbocycles. The SMILES string of the molecule is CN(CC1CC(O)C1)C(=O)CCCNC(=O)c1ccco1. The summed E-state index contributed by atoms with van der Waals surface area (Å²) in [5.41, 5.74) is 0. The van der Waals surface area contributed by atoms with E-state index in [9.17, 15) is 14.7 Å². The van der Waals surface area contributed by atoms with Crippen LogP contribution in [0.2, 0.25) is 0 Å². The lowest BCUT2D eigenvalue weighted by Gasteiger charge is -2.34. The Balaban J connectivity index is 1.57. The topological polar surface area (TPSA) is 82.8 Å². The van der Waals surface area contributed by atoms with Gasteiger partial charge in [0.25, 0.3) is 5.91 Å². The van der Waals surface area contributed by atoms with Crippen LogP contribution in [0.25, 0.3) is 0 Å². The second-order valence-electron chi connectivity index (χ2n) is 5.60. The molecule has 0 radical (unpaired) electrons. The average Bonchev–Trinajstić information content (AvgIpc) is 2.95. The van der Waals surface area contributed by atoms with Gasteiger partial charge in [-0.25, -0.2) is 0 Å². The van der Waals surface area contributed by atoms with E-state index in [1.807, 2.05) is 0 Å². The number of carbonyl (C=O) groups is 2. The van der Waals surface area contributed by atoms with E-state index < -0.39 is 0 Å². The third-order valence-corrected chi connectivity index (χ3v) is 3.77. The summed E-state index contributed by atoms with van der Waals surface area (Å²) in [6, 6.07) is 3.26. The fourth-order valence-electron chi connectivity index (χ4n) is 2.47. The van der Waals surface area contributed by atoms with Gasteiger partial charge in [-0.1, -0.05) is 0 Å². The van der Waals surface area contributed by atoms with Gasteiger partial charge in [-0.05, 0) is 37.3 Å². The monoisotopic (exact) mass is 294 g/mol. The van der Waals surface area contributed by atoms with Crippen LogP contribution in [0, 0.1) is 5.92 Å². The number of nitrogens with zero attached hydrogens (tertiary/aromatic N) is 1. The number of hydrogen-bond donors (Lipinski definition) is 2. The lowest BCUT2D eigenvalue weighted by molar-refractivity contribution is -0.131. The minimum atomic E-state index is -0.260. The zero-order chi connectivity index (χ0) is 15.2. The molecule has 6 nitrogen and oxygen atoms in total. The fourth-order valence-corrected chi connectivity index (χ4v) is 2.47. The summed E-state index contributed by atoms with van der Waals surface area (Å²) in [5.74, 6) is 0.516. The van der Waals surface area contributed by atoms with Crippen molar-refractivity contribution in [3.8, 4) is 0 Å². The molecule has 1 heterocycles. The molecule has 0 aliphatic heterocycles. The molecule has 6 heteroatoms. The Kier molecular flexibility index (Phi) is 5.38. The van der Waals surface area contributed by atoms with Crippen molar-refractivity contribution in [1.29, 1.82) is 0 Å². The second-order valence-corrected chi connectivity index (χ2v) is 5.60. The van der Waals surface area contributed by atoms with Crippen LogP contribution in [-0.2, 0) is 4.79 Å². The molecule has 1 aromatic heterocycles. The van der Waals surface area contributed by atoms with Crippen molar-refractivity contribution in [3.63, 3.8) is 0 Å². The molecule has 0 bridgehead atoms. The molecule has 0 spiro atoms. The molecule has 2 N–H and O–H groups in total. The Morgan fingerprint density at radius 3 is 2.86 bits per heavy atom. The quantitative estimate of drug-likeness (QED) is 0.736. The van der Waals surface area contributed by atoms with Crippen LogP contribution in [0.1, 0.15) is 36.2 Å². The third-order valence-electron chi connectivity index (χ3n) is 3.77.